The third-order valence-electron chi connectivity index (χ3n) is 4.26. The Kier molecular flexibility index (Phi) is 4.91. The molecule has 0 radical (unpaired) electrons. The molecule has 1 heterocycles. The second-order valence-corrected chi connectivity index (χ2v) is 6.23. The molecule has 1 saturated carbocycles. The Morgan fingerprint density at radius 3 is 2.83 bits per heavy atom. The number of carbonyl (C=O) groups excluding carboxylic acids is 1. The first-order valence-corrected chi connectivity index (χ1v) is 8.27. The van der Waals surface area contributed by atoms with Crippen LogP contribution in [0, 0.1) is 6.92 Å². The van der Waals surface area contributed by atoms with E-state index in [0.717, 1.165) is 25.1 Å². The molecule has 1 aliphatic carbocycles. The van der Waals surface area contributed by atoms with Gasteiger partial charge in [-0.15, -0.1) is 0 Å². The van der Waals surface area contributed by atoms with Crippen molar-refractivity contribution in [2.75, 3.05) is 5.32 Å². The number of nitrogens with one attached hydrogen (secondary N) is 2. The summed E-state index contributed by atoms with van der Waals surface area (Å²) < 4.78 is 0. The second-order valence-electron chi connectivity index (χ2n) is 6.23. The number of rotatable bonds is 5. The van der Waals surface area contributed by atoms with Crippen molar-refractivity contribution < 1.29 is 4.79 Å². The molecule has 0 bridgehead atoms. The third kappa shape index (κ3) is 4.31. The van der Waals surface area contributed by atoms with E-state index in [0.29, 0.717) is 11.7 Å². The van der Waals surface area contributed by atoms with Crippen LogP contribution in [0.15, 0.2) is 42.6 Å². The highest BCUT2D eigenvalue weighted by atomic mass is 16.1. The maximum Gasteiger partial charge on any atom is 0.270 e. The number of hydrogen-bond donors (Lipinski definition) is 2. The van der Waals surface area contributed by atoms with E-state index in [1.165, 1.54) is 24.0 Å². The number of anilines is 1. The number of carbonyl (C=O) groups is 1. The monoisotopic (exact) mass is 309 g/mol. The predicted molar refractivity (Wildman–Crippen MR) is 92.5 cm³/mol. The highest BCUT2D eigenvalue weighted by molar-refractivity contribution is 5.93. The zero-order valence-corrected chi connectivity index (χ0v) is 13.5. The number of hydrogen-bond acceptors (Lipinski definition) is 3. The number of aromatic nitrogens is 1. The third-order valence-corrected chi connectivity index (χ3v) is 4.26. The Morgan fingerprint density at radius 2 is 2.04 bits per heavy atom. The molecule has 0 atom stereocenters. The molecule has 4 heteroatoms. The van der Waals surface area contributed by atoms with Gasteiger partial charge in [0.1, 0.15) is 5.69 Å². The molecular weight excluding hydrogens is 286 g/mol. The lowest BCUT2D eigenvalue weighted by atomic mass is 10.1. The molecule has 1 aromatic carbocycles. The molecule has 0 unspecified atom stereocenters. The Balaban J connectivity index is 1.61. The van der Waals surface area contributed by atoms with Crippen molar-refractivity contribution in [1.82, 2.24) is 10.3 Å². The van der Waals surface area contributed by atoms with Gasteiger partial charge in [0.15, 0.2) is 0 Å². The quantitative estimate of drug-likeness (QED) is 0.886. The summed E-state index contributed by atoms with van der Waals surface area (Å²) in [4.78, 5) is 16.5. The van der Waals surface area contributed by atoms with E-state index >= 15 is 0 Å². The number of nitrogens with zero attached hydrogens (tertiary/aromatic N) is 1. The van der Waals surface area contributed by atoms with Gasteiger partial charge in [0.05, 0.1) is 0 Å². The van der Waals surface area contributed by atoms with Gasteiger partial charge in [-0.3, -0.25) is 9.78 Å². The number of pyridine rings is 1. The minimum absolute atomic E-state index is 0.0731. The normalized spacial score (nSPS) is 14.7. The molecule has 1 aliphatic rings. The molecule has 4 nitrogen and oxygen atoms in total. The van der Waals surface area contributed by atoms with Crippen LogP contribution in [0.25, 0.3) is 0 Å². The van der Waals surface area contributed by atoms with Crippen molar-refractivity contribution in [1.29, 1.82) is 0 Å². The lowest BCUT2D eigenvalue weighted by Gasteiger charge is -2.12. The van der Waals surface area contributed by atoms with Gasteiger partial charge < -0.3 is 10.6 Å². The van der Waals surface area contributed by atoms with E-state index in [4.69, 9.17) is 0 Å². The summed E-state index contributed by atoms with van der Waals surface area (Å²) in [7, 11) is 0. The Bertz CT molecular complexity index is 678. The van der Waals surface area contributed by atoms with Crippen LogP contribution >= 0.6 is 0 Å². The van der Waals surface area contributed by atoms with E-state index in [1.54, 1.807) is 6.20 Å². The summed E-state index contributed by atoms with van der Waals surface area (Å²) in [5, 5.41) is 6.43. The van der Waals surface area contributed by atoms with Gasteiger partial charge >= 0.3 is 0 Å². The molecule has 2 aromatic rings. The highest BCUT2D eigenvalue weighted by Gasteiger charge is 2.18. The van der Waals surface area contributed by atoms with Gasteiger partial charge in [-0.2, -0.15) is 0 Å². The topological polar surface area (TPSA) is 54.0 Å². The van der Waals surface area contributed by atoms with E-state index in [9.17, 15) is 4.79 Å². The van der Waals surface area contributed by atoms with Crippen molar-refractivity contribution in [3.63, 3.8) is 0 Å². The number of benzene rings is 1. The summed E-state index contributed by atoms with van der Waals surface area (Å²) in [6.45, 7) is 2.82. The fraction of sp³-hybridized carbons (Fsp3) is 0.368. The second kappa shape index (κ2) is 7.27. The van der Waals surface area contributed by atoms with Crippen LogP contribution in [-0.4, -0.2) is 16.9 Å². The van der Waals surface area contributed by atoms with E-state index in [-0.39, 0.29) is 5.91 Å². The largest absolute Gasteiger partial charge is 0.381 e. The lowest BCUT2D eigenvalue weighted by molar-refractivity contribution is 0.0933. The molecule has 23 heavy (non-hydrogen) atoms. The van der Waals surface area contributed by atoms with Gasteiger partial charge in [0.2, 0.25) is 0 Å². The van der Waals surface area contributed by atoms with Crippen molar-refractivity contribution >= 4 is 11.6 Å². The van der Waals surface area contributed by atoms with Crippen LogP contribution in [0.1, 0.15) is 47.3 Å². The first-order chi connectivity index (χ1) is 11.2. The molecular formula is C19H23N3O. The molecule has 1 aromatic heterocycles. The van der Waals surface area contributed by atoms with Crippen molar-refractivity contribution in [3.8, 4) is 0 Å². The molecule has 0 spiro atoms. The fourth-order valence-electron chi connectivity index (χ4n) is 3.02. The fourth-order valence-corrected chi connectivity index (χ4v) is 3.02. The maximum atomic E-state index is 12.3. The molecule has 0 saturated heterocycles. The van der Waals surface area contributed by atoms with E-state index in [2.05, 4.69) is 46.8 Å². The average Bonchev–Trinajstić information content (AvgIpc) is 3.06. The number of amides is 1. The Hall–Kier alpha value is -2.36. The molecule has 1 fully saturated rings. The minimum atomic E-state index is -0.0731. The summed E-state index contributed by atoms with van der Waals surface area (Å²) in [6.07, 6.45) is 6.25. The van der Waals surface area contributed by atoms with Gasteiger partial charge in [0, 0.05) is 24.5 Å². The first kappa shape index (κ1) is 15.5. The summed E-state index contributed by atoms with van der Waals surface area (Å²) in [5.41, 5.74) is 3.86. The SMILES string of the molecule is Cc1cccc(CNc2ccnc(C(=O)NC3CCCC3)c2)c1. The van der Waals surface area contributed by atoms with E-state index < -0.39 is 0 Å². The van der Waals surface area contributed by atoms with Gasteiger partial charge in [-0.1, -0.05) is 42.7 Å². The standard InChI is InChI=1S/C19H23N3O/c1-14-5-4-6-15(11-14)13-21-17-9-10-20-18(12-17)19(23)22-16-7-2-3-8-16/h4-6,9-12,16H,2-3,7-8,13H2,1H3,(H,20,21)(H,22,23). The smallest absolute Gasteiger partial charge is 0.270 e. The van der Waals surface area contributed by atoms with Gasteiger partial charge in [0.25, 0.3) is 5.91 Å². The van der Waals surface area contributed by atoms with Crippen molar-refractivity contribution in [3.05, 3.63) is 59.4 Å². The molecule has 3 rings (SSSR count). The maximum absolute atomic E-state index is 12.3. The Labute approximate surface area is 137 Å². The molecule has 2 N–H and O–H groups in total. The minimum Gasteiger partial charge on any atom is -0.381 e. The van der Waals surface area contributed by atoms with Crippen LogP contribution in [0.3, 0.4) is 0 Å². The van der Waals surface area contributed by atoms with Crippen molar-refractivity contribution in [2.45, 2.75) is 45.2 Å². The van der Waals surface area contributed by atoms with Crippen LogP contribution in [0.5, 0.6) is 0 Å². The van der Waals surface area contributed by atoms with Gasteiger partial charge in [-0.25, -0.2) is 0 Å². The summed E-state index contributed by atoms with van der Waals surface area (Å²) >= 11 is 0. The molecule has 0 aliphatic heterocycles. The van der Waals surface area contributed by atoms with Crippen LogP contribution in [0.4, 0.5) is 5.69 Å². The zero-order chi connectivity index (χ0) is 16.1. The summed E-state index contributed by atoms with van der Waals surface area (Å²) in [6, 6.07) is 12.4. The first-order valence-electron chi connectivity index (χ1n) is 8.27. The van der Waals surface area contributed by atoms with Gasteiger partial charge in [-0.05, 0) is 37.5 Å². The van der Waals surface area contributed by atoms with E-state index in [1.807, 2.05) is 12.1 Å². The number of aryl methyl sites for hydroxylation is 1. The lowest BCUT2D eigenvalue weighted by Crippen LogP contribution is -2.33. The summed E-state index contributed by atoms with van der Waals surface area (Å²) in [5.74, 6) is -0.0731. The predicted octanol–water partition coefficient (Wildman–Crippen LogP) is 3.67. The molecule has 1 amide bonds. The van der Waals surface area contributed by atoms with Crippen molar-refractivity contribution in [2.24, 2.45) is 0 Å². The average molecular weight is 309 g/mol. The van der Waals surface area contributed by atoms with Crippen LogP contribution < -0.4 is 10.6 Å². The zero-order valence-electron chi connectivity index (χ0n) is 13.5. The molecule has 120 valence electrons. The Morgan fingerprint density at radius 1 is 1.22 bits per heavy atom. The van der Waals surface area contributed by atoms with Crippen LogP contribution in [-0.2, 0) is 6.54 Å². The van der Waals surface area contributed by atoms with Crippen LogP contribution in [0.2, 0.25) is 0 Å². The highest BCUT2D eigenvalue weighted by Crippen LogP contribution is 2.18.